The molecule has 0 amide bonds. The Hall–Kier alpha value is -0.140. The quantitative estimate of drug-likeness (QED) is 0.647. The van der Waals surface area contributed by atoms with Crippen LogP contribution in [0.15, 0.2) is 0 Å². The highest BCUT2D eigenvalue weighted by atomic mass is 32.2. The standard InChI is InChI=1S/C8H14O5S/c1-4(9)14-5-3-13-8(12-2)7(11)6(5)10/h5-8,10-11H,3H2,1-2H3/t5-,6+,7+,8+/m1/s1. The lowest BCUT2D eigenvalue weighted by Gasteiger charge is -2.35. The molecule has 0 bridgehead atoms. The summed E-state index contributed by atoms with van der Waals surface area (Å²) in [5.74, 6) is 0. The average Bonchev–Trinajstić information content (AvgIpc) is 2.13. The molecule has 0 aliphatic carbocycles. The van der Waals surface area contributed by atoms with Crippen molar-refractivity contribution >= 4 is 16.9 Å². The summed E-state index contributed by atoms with van der Waals surface area (Å²) in [5.41, 5.74) is 0. The van der Waals surface area contributed by atoms with Crippen LogP contribution in [0, 0.1) is 0 Å². The van der Waals surface area contributed by atoms with Crippen molar-refractivity contribution in [2.45, 2.75) is 30.7 Å². The molecule has 1 aliphatic rings. The van der Waals surface area contributed by atoms with Crippen molar-refractivity contribution in [3.63, 3.8) is 0 Å². The van der Waals surface area contributed by atoms with Crippen molar-refractivity contribution in [1.82, 2.24) is 0 Å². The van der Waals surface area contributed by atoms with E-state index in [1.165, 1.54) is 14.0 Å². The number of thioether (sulfide) groups is 1. The Balaban J connectivity index is 2.54. The van der Waals surface area contributed by atoms with Crippen molar-refractivity contribution in [2.24, 2.45) is 0 Å². The number of aliphatic hydroxyl groups is 2. The van der Waals surface area contributed by atoms with Gasteiger partial charge < -0.3 is 19.7 Å². The van der Waals surface area contributed by atoms with Crippen molar-refractivity contribution in [3.8, 4) is 0 Å². The van der Waals surface area contributed by atoms with E-state index >= 15 is 0 Å². The molecule has 0 aromatic carbocycles. The number of hydrogen-bond acceptors (Lipinski definition) is 6. The van der Waals surface area contributed by atoms with Gasteiger partial charge in [0.2, 0.25) is 0 Å². The Bertz CT molecular complexity index is 210. The van der Waals surface area contributed by atoms with Gasteiger partial charge in [0, 0.05) is 14.0 Å². The zero-order valence-corrected chi connectivity index (χ0v) is 8.86. The maximum atomic E-state index is 10.8. The lowest BCUT2D eigenvalue weighted by Crippen LogP contribution is -2.52. The average molecular weight is 222 g/mol. The van der Waals surface area contributed by atoms with Gasteiger partial charge in [0.15, 0.2) is 11.4 Å². The van der Waals surface area contributed by atoms with Crippen LogP contribution in [0.5, 0.6) is 0 Å². The van der Waals surface area contributed by atoms with E-state index in [9.17, 15) is 15.0 Å². The number of methoxy groups -OCH3 is 1. The number of rotatable bonds is 2. The molecule has 1 rings (SSSR count). The van der Waals surface area contributed by atoms with Gasteiger partial charge >= 0.3 is 0 Å². The molecule has 0 radical (unpaired) electrons. The Kier molecular flexibility index (Phi) is 4.33. The van der Waals surface area contributed by atoms with E-state index in [-0.39, 0.29) is 11.7 Å². The van der Waals surface area contributed by atoms with Gasteiger partial charge in [-0.3, -0.25) is 4.79 Å². The van der Waals surface area contributed by atoms with Crippen LogP contribution < -0.4 is 0 Å². The lowest BCUT2D eigenvalue weighted by molar-refractivity contribution is -0.229. The molecule has 0 aromatic heterocycles. The second-order valence-corrected chi connectivity index (χ2v) is 4.48. The summed E-state index contributed by atoms with van der Waals surface area (Å²) in [4.78, 5) is 10.8. The van der Waals surface area contributed by atoms with Crippen LogP contribution in [0.25, 0.3) is 0 Å². The number of hydrogen-bond donors (Lipinski definition) is 2. The summed E-state index contributed by atoms with van der Waals surface area (Å²) in [7, 11) is 1.39. The summed E-state index contributed by atoms with van der Waals surface area (Å²) in [5, 5.41) is 18.6. The third-order valence-electron chi connectivity index (χ3n) is 1.98. The fraction of sp³-hybridized carbons (Fsp3) is 0.875. The van der Waals surface area contributed by atoms with Crippen LogP contribution in [0.2, 0.25) is 0 Å². The summed E-state index contributed by atoms with van der Waals surface area (Å²) in [6.07, 6.45) is -2.91. The molecular formula is C8H14O5S. The number of aliphatic hydroxyl groups excluding tert-OH is 2. The molecule has 0 spiro atoms. The highest BCUT2D eigenvalue weighted by Crippen LogP contribution is 2.25. The molecule has 5 nitrogen and oxygen atoms in total. The van der Waals surface area contributed by atoms with E-state index in [1.54, 1.807) is 0 Å². The minimum Gasteiger partial charge on any atom is -0.389 e. The minimum atomic E-state index is -1.11. The summed E-state index contributed by atoms with van der Waals surface area (Å²) in [6, 6.07) is 0. The van der Waals surface area contributed by atoms with E-state index in [1.807, 2.05) is 0 Å². The highest BCUT2D eigenvalue weighted by molar-refractivity contribution is 8.14. The number of ether oxygens (including phenoxy) is 2. The van der Waals surface area contributed by atoms with E-state index in [0.29, 0.717) is 0 Å². The number of carbonyl (C=O) groups excluding carboxylic acids is 1. The van der Waals surface area contributed by atoms with Gasteiger partial charge in [0.1, 0.15) is 6.10 Å². The van der Waals surface area contributed by atoms with Crippen LogP contribution in [-0.4, -0.2) is 52.8 Å². The van der Waals surface area contributed by atoms with Gasteiger partial charge in [-0.15, -0.1) is 0 Å². The summed E-state index contributed by atoms with van der Waals surface area (Å²) < 4.78 is 9.92. The Morgan fingerprint density at radius 3 is 2.64 bits per heavy atom. The molecular weight excluding hydrogens is 208 g/mol. The third kappa shape index (κ3) is 2.68. The first-order chi connectivity index (χ1) is 6.56. The van der Waals surface area contributed by atoms with Gasteiger partial charge in [-0.1, -0.05) is 11.8 Å². The molecule has 0 saturated carbocycles. The first kappa shape index (κ1) is 11.9. The number of carbonyl (C=O) groups is 1. The third-order valence-corrected chi connectivity index (χ3v) is 3.03. The van der Waals surface area contributed by atoms with Crippen LogP contribution in [0.4, 0.5) is 0 Å². The largest absolute Gasteiger partial charge is 0.389 e. The van der Waals surface area contributed by atoms with Gasteiger partial charge in [0.25, 0.3) is 0 Å². The summed E-state index contributed by atoms with van der Waals surface area (Å²) >= 11 is 0.970. The second kappa shape index (κ2) is 5.09. The topological polar surface area (TPSA) is 76.0 Å². The zero-order chi connectivity index (χ0) is 10.7. The molecule has 6 heteroatoms. The first-order valence-electron chi connectivity index (χ1n) is 4.24. The minimum absolute atomic E-state index is 0.110. The fourth-order valence-corrected chi connectivity index (χ4v) is 2.17. The SMILES string of the molecule is CO[C@H]1OC[C@@H](SC(C)=O)[C@H](O)[C@@H]1O. The van der Waals surface area contributed by atoms with Crippen molar-refractivity contribution in [1.29, 1.82) is 0 Å². The maximum Gasteiger partial charge on any atom is 0.186 e. The van der Waals surface area contributed by atoms with Crippen LogP contribution in [0.1, 0.15) is 6.92 Å². The maximum absolute atomic E-state index is 10.8. The van der Waals surface area contributed by atoms with E-state index in [2.05, 4.69) is 0 Å². The Labute approximate surface area is 86.4 Å². The van der Waals surface area contributed by atoms with Crippen molar-refractivity contribution < 1.29 is 24.5 Å². The van der Waals surface area contributed by atoms with Crippen molar-refractivity contribution in [2.75, 3.05) is 13.7 Å². The Morgan fingerprint density at radius 2 is 2.14 bits per heavy atom. The predicted octanol–water partition coefficient (Wildman–Crippen LogP) is -0.641. The second-order valence-electron chi connectivity index (χ2n) is 3.07. The molecule has 2 N–H and O–H groups in total. The van der Waals surface area contributed by atoms with Gasteiger partial charge in [0.05, 0.1) is 18.0 Å². The molecule has 1 heterocycles. The van der Waals surface area contributed by atoms with E-state index in [0.717, 1.165) is 11.8 Å². The Morgan fingerprint density at radius 1 is 1.50 bits per heavy atom. The molecule has 82 valence electrons. The van der Waals surface area contributed by atoms with Crippen molar-refractivity contribution in [3.05, 3.63) is 0 Å². The monoisotopic (exact) mass is 222 g/mol. The van der Waals surface area contributed by atoms with Crippen LogP contribution in [-0.2, 0) is 14.3 Å². The van der Waals surface area contributed by atoms with E-state index < -0.39 is 23.7 Å². The normalized spacial score (nSPS) is 38.3. The summed E-state index contributed by atoms with van der Waals surface area (Å²) in [6.45, 7) is 1.60. The van der Waals surface area contributed by atoms with Crippen LogP contribution >= 0.6 is 11.8 Å². The molecule has 0 unspecified atom stereocenters. The molecule has 1 saturated heterocycles. The molecule has 4 atom stereocenters. The smallest absolute Gasteiger partial charge is 0.186 e. The van der Waals surface area contributed by atoms with Gasteiger partial charge in [-0.2, -0.15) is 0 Å². The fourth-order valence-electron chi connectivity index (χ4n) is 1.29. The molecule has 1 fully saturated rings. The molecule has 14 heavy (non-hydrogen) atoms. The molecule has 1 aliphatic heterocycles. The van der Waals surface area contributed by atoms with Gasteiger partial charge in [-0.25, -0.2) is 0 Å². The predicted molar refractivity (Wildman–Crippen MR) is 50.8 cm³/mol. The van der Waals surface area contributed by atoms with E-state index in [4.69, 9.17) is 9.47 Å². The molecule has 0 aromatic rings. The van der Waals surface area contributed by atoms with Crippen LogP contribution in [0.3, 0.4) is 0 Å². The highest BCUT2D eigenvalue weighted by Gasteiger charge is 2.39. The zero-order valence-electron chi connectivity index (χ0n) is 8.04. The van der Waals surface area contributed by atoms with Gasteiger partial charge in [-0.05, 0) is 0 Å². The first-order valence-corrected chi connectivity index (χ1v) is 5.12. The lowest BCUT2D eigenvalue weighted by atomic mass is 10.1.